The minimum atomic E-state index is -2.15. The topological polar surface area (TPSA) is 145 Å². The van der Waals surface area contributed by atoms with Crippen molar-refractivity contribution >= 4 is 27.9 Å². The number of hydrogen-bond acceptors (Lipinski definition) is 6. The molecule has 0 radical (unpaired) electrons. The maximum atomic E-state index is 12.5. The Hall–Kier alpha value is -3.83. The number of nitrogens with one attached hydrogen (secondary N) is 2. The van der Waals surface area contributed by atoms with E-state index in [0.29, 0.717) is 24.5 Å². The molecule has 33 heavy (non-hydrogen) atoms. The highest BCUT2D eigenvalue weighted by atomic mass is 32.2. The molecule has 3 aromatic rings. The fourth-order valence-electron chi connectivity index (χ4n) is 3.09. The average Bonchev–Trinajstić information content (AvgIpc) is 3.19. The fraction of sp³-hybridized carbons (Fsp3) is 0.182. The summed E-state index contributed by atoms with van der Waals surface area (Å²) in [6.45, 7) is 0.343. The summed E-state index contributed by atoms with van der Waals surface area (Å²) in [6, 6.07) is 13.4. The van der Waals surface area contributed by atoms with E-state index in [9.17, 15) is 18.6 Å². The molecule has 0 bridgehead atoms. The summed E-state index contributed by atoms with van der Waals surface area (Å²) >= 11 is 0. The number of nitrogens with two attached hydrogens (primary N) is 1. The van der Waals surface area contributed by atoms with Gasteiger partial charge in [0.1, 0.15) is 28.6 Å². The summed E-state index contributed by atoms with van der Waals surface area (Å²) in [7, 11) is 0.908. The number of pyridine rings is 1. The van der Waals surface area contributed by atoms with Gasteiger partial charge in [-0.1, -0.05) is 12.1 Å². The van der Waals surface area contributed by atoms with Crippen LogP contribution < -0.4 is 20.5 Å². The fourth-order valence-corrected chi connectivity index (χ4v) is 3.50. The van der Waals surface area contributed by atoms with E-state index in [1.807, 2.05) is 18.2 Å². The first kappa shape index (κ1) is 23.8. The molecule has 0 aliphatic carbocycles. The number of carbonyl (C=O) groups is 3. The van der Waals surface area contributed by atoms with E-state index < -0.39 is 16.1 Å². The number of hydrogen-bond donors (Lipinski definition) is 3. The lowest BCUT2D eigenvalue weighted by Gasteiger charge is -2.10. The first-order valence-corrected chi connectivity index (χ1v) is 11.1. The number of ether oxygens (including phenoxy) is 1. The molecule has 0 spiro atoms. The van der Waals surface area contributed by atoms with Crippen LogP contribution in [0.5, 0.6) is 11.5 Å². The van der Waals surface area contributed by atoms with Crippen LogP contribution in [0.15, 0.2) is 54.7 Å². The van der Waals surface area contributed by atoms with Crippen LogP contribution in [-0.4, -0.2) is 44.3 Å². The van der Waals surface area contributed by atoms with Gasteiger partial charge in [0.25, 0.3) is 16.9 Å². The summed E-state index contributed by atoms with van der Waals surface area (Å²) in [5.41, 5.74) is 1.53. The third-order valence-electron chi connectivity index (χ3n) is 4.77. The molecule has 1 aromatic carbocycles. The third kappa shape index (κ3) is 5.90. The summed E-state index contributed by atoms with van der Waals surface area (Å²) < 4.78 is 18.4. The number of amides is 2. The lowest BCUT2D eigenvalue weighted by molar-refractivity contribution is 0.0941. The van der Waals surface area contributed by atoms with E-state index in [4.69, 9.17) is 9.88 Å². The summed E-state index contributed by atoms with van der Waals surface area (Å²) in [5, 5.41) is 9.69. The lowest BCUT2D eigenvalue weighted by Crippen LogP contribution is -2.28. The normalized spacial score (nSPS) is 11.5. The van der Waals surface area contributed by atoms with Gasteiger partial charge < -0.3 is 19.9 Å². The minimum Gasteiger partial charge on any atom is -0.457 e. The summed E-state index contributed by atoms with van der Waals surface area (Å²) in [6.07, 6.45) is 2.03. The Morgan fingerprint density at radius 2 is 1.79 bits per heavy atom. The Bertz CT molecular complexity index is 1220. The predicted molar refractivity (Wildman–Crippen MR) is 122 cm³/mol. The maximum absolute atomic E-state index is 12.5. The first-order valence-electron chi connectivity index (χ1n) is 9.89. The first-order chi connectivity index (χ1) is 15.8. The molecule has 10 nitrogen and oxygen atoms in total. The van der Waals surface area contributed by atoms with Crippen LogP contribution in [0.3, 0.4) is 0 Å². The molecule has 0 saturated carbocycles. The van der Waals surface area contributed by atoms with E-state index in [1.54, 1.807) is 18.2 Å². The summed E-state index contributed by atoms with van der Waals surface area (Å²) in [4.78, 5) is 40.0. The third-order valence-corrected chi connectivity index (χ3v) is 5.35. The highest BCUT2D eigenvalue weighted by Crippen LogP contribution is 2.22. The van der Waals surface area contributed by atoms with Crippen LogP contribution >= 0.6 is 0 Å². The Morgan fingerprint density at radius 3 is 2.52 bits per heavy atom. The zero-order valence-corrected chi connectivity index (χ0v) is 18.8. The minimum absolute atomic E-state index is 0.0986. The SMILES string of the molecule is CNC(=O)c1cc(Oc2cccc(CCNC(=O)c3ccc(C(=O)S(N)=O)n3C)c2)ccn1. The maximum Gasteiger partial charge on any atom is 0.280 e. The molecule has 2 heterocycles. The van der Waals surface area contributed by atoms with Crippen molar-refractivity contribution in [1.82, 2.24) is 20.2 Å². The van der Waals surface area contributed by atoms with Crippen molar-refractivity contribution in [2.75, 3.05) is 13.6 Å². The van der Waals surface area contributed by atoms with Gasteiger partial charge in [-0.2, -0.15) is 0 Å². The van der Waals surface area contributed by atoms with Crippen LogP contribution in [0.2, 0.25) is 0 Å². The second kappa shape index (κ2) is 10.7. The molecular formula is C22H23N5O5S. The molecule has 0 fully saturated rings. The van der Waals surface area contributed by atoms with Gasteiger partial charge in [0.2, 0.25) is 0 Å². The van der Waals surface area contributed by atoms with Crippen molar-refractivity contribution in [3.63, 3.8) is 0 Å². The number of benzene rings is 1. The smallest absolute Gasteiger partial charge is 0.280 e. The van der Waals surface area contributed by atoms with Gasteiger partial charge >= 0.3 is 0 Å². The van der Waals surface area contributed by atoms with E-state index in [-0.39, 0.29) is 28.9 Å². The van der Waals surface area contributed by atoms with Crippen molar-refractivity contribution < 1.29 is 23.3 Å². The molecule has 2 amide bonds. The standard InChI is InChI=1S/C22H23N5O5S/c1-24-20(28)17-13-16(9-11-25-17)32-15-5-3-4-14(12-15)8-10-26-21(29)18-6-7-19(27(18)2)22(30)33(23)31/h3-7,9,11-13H,8,10,23H2,1-2H3,(H,24,28)(H,26,29). The van der Waals surface area contributed by atoms with E-state index in [0.717, 1.165) is 5.56 Å². The molecule has 0 aliphatic rings. The van der Waals surface area contributed by atoms with Crippen LogP contribution in [0.1, 0.15) is 37.0 Å². The van der Waals surface area contributed by atoms with Gasteiger partial charge in [0.05, 0.1) is 0 Å². The molecule has 0 aliphatic heterocycles. The van der Waals surface area contributed by atoms with Gasteiger partial charge in [0.15, 0.2) is 11.0 Å². The molecule has 11 heteroatoms. The quantitative estimate of drug-likeness (QED) is 0.453. The zero-order valence-electron chi connectivity index (χ0n) is 18.0. The number of aromatic nitrogens is 2. The monoisotopic (exact) mass is 469 g/mol. The van der Waals surface area contributed by atoms with Crippen molar-refractivity contribution in [3.05, 3.63) is 77.4 Å². The number of carbonyl (C=O) groups excluding carboxylic acids is 3. The molecule has 4 N–H and O–H groups in total. The van der Waals surface area contributed by atoms with E-state index >= 15 is 0 Å². The highest BCUT2D eigenvalue weighted by molar-refractivity contribution is 7.98. The van der Waals surface area contributed by atoms with Crippen molar-refractivity contribution in [2.45, 2.75) is 6.42 Å². The number of rotatable bonds is 8. The van der Waals surface area contributed by atoms with Crippen LogP contribution in [-0.2, 0) is 24.5 Å². The van der Waals surface area contributed by atoms with Gasteiger partial charge in [-0.3, -0.25) is 19.4 Å². The second-order valence-electron chi connectivity index (χ2n) is 6.96. The van der Waals surface area contributed by atoms with Gasteiger partial charge in [-0.15, -0.1) is 0 Å². The Labute approximate surface area is 192 Å². The second-order valence-corrected chi connectivity index (χ2v) is 7.92. The largest absolute Gasteiger partial charge is 0.457 e. The van der Waals surface area contributed by atoms with Crippen LogP contribution in [0.25, 0.3) is 0 Å². The molecule has 1 atom stereocenters. The van der Waals surface area contributed by atoms with Crippen molar-refractivity contribution in [2.24, 2.45) is 12.2 Å². The molecule has 0 saturated heterocycles. The van der Waals surface area contributed by atoms with Crippen molar-refractivity contribution in [3.8, 4) is 11.5 Å². The number of nitrogens with zero attached hydrogens (tertiary/aromatic N) is 2. The molecule has 3 rings (SSSR count). The molecule has 172 valence electrons. The Kier molecular flexibility index (Phi) is 7.70. The lowest BCUT2D eigenvalue weighted by atomic mass is 10.1. The predicted octanol–water partition coefficient (Wildman–Crippen LogP) is 1.31. The average molecular weight is 470 g/mol. The molecule has 2 aromatic heterocycles. The van der Waals surface area contributed by atoms with Crippen LogP contribution in [0, 0.1) is 0 Å². The highest BCUT2D eigenvalue weighted by Gasteiger charge is 2.19. The molecule has 1 unspecified atom stereocenters. The Morgan fingerprint density at radius 1 is 1.06 bits per heavy atom. The van der Waals surface area contributed by atoms with E-state index in [1.165, 1.54) is 37.0 Å². The van der Waals surface area contributed by atoms with Gasteiger partial charge in [-0.25, -0.2) is 9.35 Å². The van der Waals surface area contributed by atoms with Crippen molar-refractivity contribution in [1.29, 1.82) is 0 Å². The Balaban J connectivity index is 1.60. The molecular weight excluding hydrogens is 446 g/mol. The summed E-state index contributed by atoms with van der Waals surface area (Å²) in [5.74, 6) is 0.371. The van der Waals surface area contributed by atoms with Gasteiger partial charge in [0, 0.05) is 32.9 Å². The van der Waals surface area contributed by atoms with Gasteiger partial charge in [-0.05, 0) is 42.3 Å². The zero-order chi connectivity index (χ0) is 24.0. The van der Waals surface area contributed by atoms with E-state index in [2.05, 4.69) is 15.6 Å². The van der Waals surface area contributed by atoms with Crippen LogP contribution in [0.4, 0.5) is 0 Å².